The number of nitriles is 1. The van der Waals surface area contributed by atoms with Crippen LogP contribution >= 0.6 is 0 Å². The highest BCUT2D eigenvalue weighted by Crippen LogP contribution is 2.38. The second-order valence-electron chi connectivity index (χ2n) is 6.78. The molecule has 26 heavy (non-hydrogen) atoms. The van der Waals surface area contributed by atoms with Gasteiger partial charge in [0.2, 0.25) is 0 Å². The molecule has 0 unspecified atom stereocenters. The van der Waals surface area contributed by atoms with E-state index in [0.29, 0.717) is 5.82 Å². The summed E-state index contributed by atoms with van der Waals surface area (Å²) >= 11 is 0. The molecule has 2 N–H and O–H groups in total. The third-order valence-corrected chi connectivity index (χ3v) is 5.32. The van der Waals surface area contributed by atoms with Crippen LogP contribution < -0.4 is 10.2 Å². The quantitative estimate of drug-likeness (QED) is 0.874. The average Bonchev–Trinajstić information content (AvgIpc) is 3.24. The van der Waals surface area contributed by atoms with Crippen molar-refractivity contribution in [2.45, 2.75) is 24.7 Å². The van der Waals surface area contributed by atoms with Gasteiger partial charge in [0.1, 0.15) is 29.6 Å². The first kappa shape index (κ1) is 16.7. The minimum absolute atomic E-state index is 0.0988. The van der Waals surface area contributed by atoms with Gasteiger partial charge in [-0.2, -0.15) is 5.26 Å². The van der Waals surface area contributed by atoms with Crippen molar-refractivity contribution in [1.29, 1.82) is 5.26 Å². The van der Waals surface area contributed by atoms with Gasteiger partial charge in [-0.05, 0) is 18.4 Å². The van der Waals surface area contributed by atoms with Gasteiger partial charge in [-0.15, -0.1) is 0 Å². The highest BCUT2D eigenvalue weighted by molar-refractivity contribution is 5.68. The molecule has 2 bridgehead atoms. The van der Waals surface area contributed by atoms with Crippen molar-refractivity contribution in [1.82, 2.24) is 15.3 Å². The lowest BCUT2D eigenvalue weighted by Crippen LogP contribution is -2.51. The molecule has 0 amide bonds. The Morgan fingerprint density at radius 1 is 1.35 bits per heavy atom. The minimum Gasteiger partial charge on any atom is -0.507 e. The smallest absolute Gasteiger partial charge is 0.147 e. The zero-order valence-electron chi connectivity index (χ0n) is 14.0. The number of phenols is 1. The van der Waals surface area contributed by atoms with Gasteiger partial charge >= 0.3 is 0 Å². The Morgan fingerprint density at radius 2 is 2.15 bits per heavy atom. The number of hydrogen-bond acceptors (Lipinski definition) is 6. The van der Waals surface area contributed by atoms with E-state index in [1.165, 1.54) is 12.4 Å². The van der Waals surface area contributed by atoms with Crippen molar-refractivity contribution < 1.29 is 13.9 Å². The minimum atomic E-state index is -0.961. The van der Waals surface area contributed by atoms with Crippen molar-refractivity contribution >= 4 is 5.82 Å². The van der Waals surface area contributed by atoms with Gasteiger partial charge in [-0.25, -0.2) is 13.8 Å². The first-order valence-corrected chi connectivity index (χ1v) is 8.35. The lowest BCUT2D eigenvalue weighted by molar-refractivity contribution is 0.220. The van der Waals surface area contributed by atoms with Gasteiger partial charge in [0.15, 0.2) is 0 Å². The fraction of sp³-hybridized carbons (Fsp3) is 0.389. The van der Waals surface area contributed by atoms with Gasteiger partial charge < -0.3 is 15.3 Å². The number of phenolic OH excluding ortho intramolecular Hbond substituents is 1. The number of piperidine rings is 1. The molecular formula is C18H17F2N5O. The molecule has 4 rings (SSSR count). The van der Waals surface area contributed by atoms with Gasteiger partial charge in [0.25, 0.3) is 0 Å². The second-order valence-corrected chi connectivity index (χ2v) is 6.78. The zero-order chi connectivity index (χ0) is 18.4. The molecule has 6 nitrogen and oxygen atoms in total. The van der Waals surface area contributed by atoms with Crippen molar-refractivity contribution in [3.05, 3.63) is 35.9 Å². The summed E-state index contributed by atoms with van der Waals surface area (Å²) in [6.45, 7) is 0.796. The van der Waals surface area contributed by atoms with Crippen molar-refractivity contribution in [2.24, 2.45) is 5.92 Å². The fourth-order valence-electron chi connectivity index (χ4n) is 3.97. The molecule has 8 heteroatoms. The van der Waals surface area contributed by atoms with E-state index < -0.39 is 12.0 Å². The van der Waals surface area contributed by atoms with E-state index >= 15 is 0 Å². The van der Waals surface area contributed by atoms with E-state index in [4.69, 9.17) is 5.26 Å². The maximum atomic E-state index is 14.5. The number of fused-ring (bicyclic) bond motifs is 2. The summed E-state index contributed by atoms with van der Waals surface area (Å²) in [6.07, 6.45) is 2.75. The monoisotopic (exact) mass is 357 g/mol. The lowest BCUT2D eigenvalue weighted by Gasteiger charge is -2.34. The highest BCUT2D eigenvalue weighted by Gasteiger charge is 2.50. The molecule has 1 saturated carbocycles. The predicted molar refractivity (Wildman–Crippen MR) is 90.8 cm³/mol. The van der Waals surface area contributed by atoms with Crippen molar-refractivity contribution in [2.75, 3.05) is 18.5 Å². The van der Waals surface area contributed by atoms with E-state index in [2.05, 4.69) is 15.3 Å². The zero-order valence-corrected chi connectivity index (χ0v) is 14.0. The first-order valence-electron chi connectivity index (χ1n) is 8.35. The topological polar surface area (TPSA) is 85.1 Å². The number of aromatic hydroxyl groups is 1. The van der Waals surface area contributed by atoms with Crippen LogP contribution in [-0.4, -0.2) is 46.9 Å². The molecule has 2 heterocycles. The molecule has 2 aromatic rings. The van der Waals surface area contributed by atoms with Crippen LogP contribution in [-0.2, 0) is 0 Å². The van der Waals surface area contributed by atoms with Crippen LogP contribution in [0.1, 0.15) is 12.0 Å². The Bertz CT molecular complexity index is 880. The molecule has 1 aromatic carbocycles. The standard InChI is InChI=1S/C18H17F2N5O/c1-25(18-10-2-13(17(18)20)22-6-10)16-8-23-14(7-24-16)11-4-12(19)9(5-21)3-15(11)26/h3-4,7-8,10,13,17-18,22,26H,2,6H2,1H3/t10-,13-,17-,18-/m1/s1. The number of alkyl halides is 1. The second kappa shape index (κ2) is 6.18. The average molecular weight is 357 g/mol. The molecular weight excluding hydrogens is 340 g/mol. The Morgan fingerprint density at radius 3 is 2.77 bits per heavy atom. The van der Waals surface area contributed by atoms with Gasteiger partial charge in [-0.3, -0.25) is 4.98 Å². The summed E-state index contributed by atoms with van der Waals surface area (Å²) in [6, 6.07) is 3.44. The highest BCUT2D eigenvalue weighted by atomic mass is 19.1. The molecule has 2 aliphatic rings. The van der Waals surface area contributed by atoms with Crippen LogP contribution in [0.3, 0.4) is 0 Å². The van der Waals surface area contributed by atoms with E-state index in [1.807, 2.05) is 0 Å². The number of nitrogens with zero attached hydrogens (tertiary/aromatic N) is 4. The summed E-state index contributed by atoms with van der Waals surface area (Å²) in [5.41, 5.74) is 0.180. The van der Waals surface area contributed by atoms with Crippen molar-refractivity contribution in [3.8, 4) is 23.1 Å². The van der Waals surface area contributed by atoms with Gasteiger partial charge in [0, 0.05) is 31.3 Å². The molecule has 1 aromatic heterocycles. The molecule has 1 aliphatic carbocycles. The summed E-state index contributed by atoms with van der Waals surface area (Å²) < 4.78 is 28.3. The number of anilines is 1. The lowest BCUT2D eigenvalue weighted by atomic mass is 10.0. The normalized spacial score (nSPS) is 26.7. The van der Waals surface area contributed by atoms with Crippen LogP contribution in [0.15, 0.2) is 24.5 Å². The summed E-state index contributed by atoms with van der Waals surface area (Å²) in [5.74, 6) is -0.236. The molecule has 2 fully saturated rings. The molecule has 134 valence electrons. The first-order chi connectivity index (χ1) is 12.5. The number of aromatic nitrogens is 2. The number of rotatable bonds is 3. The summed E-state index contributed by atoms with van der Waals surface area (Å²) in [7, 11) is 1.79. The molecule has 0 radical (unpaired) electrons. The van der Waals surface area contributed by atoms with Crippen molar-refractivity contribution in [3.63, 3.8) is 0 Å². The van der Waals surface area contributed by atoms with Crippen LogP contribution in [0.4, 0.5) is 14.6 Å². The summed E-state index contributed by atoms with van der Waals surface area (Å²) in [5, 5.41) is 22.0. The number of halogens is 2. The summed E-state index contributed by atoms with van der Waals surface area (Å²) in [4.78, 5) is 10.3. The Hall–Kier alpha value is -2.79. The fourth-order valence-corrected chi connectivity index (χ4v) is 3.97. The Kier molecular flexibility index (Phi) is 3.96. The third-order valence-electron chi connectivity index (χ3n) is 5.32. The maximum Gasteiger partial charge on any atom is 0.147 e. The Labute approximate surface area is 149 Å². The molecule has 0 spiro atoms. The van der Waals surface area contributed by atoms with E-state index in [9.17, 15) is 13.9 Å². The number of nitrogens with one attached hydrogen (secondary N) is 1. The molecule has 1 saturated heterocycles. The van der Waals surface area contributed by atoms with Crippen LogP contribution in [0.5, 0.6) is 5.75 Å². The van der Waals surface area contributed by atoms with E-state index in [-0.39, 0.29) is 40.6 Å². The largest absolute Gasteiger partial charge is 0.507 e. The van der Waals surface area contributed by atoms with E-state index in [0.717, 1.165) is 25.1 Å². The predicted octanol–water partition coefficient (Wildman–Crippen LogP) is 1.99. The van der Waals surface area contributed by atoms with Crippen LogP contribution in [0.2, 0.25) is 0 Å². The Balaban J connectivity index is 1.60. The van der Waals surface area contributed by atoms with E-state index in [1.54, 1.807) is 18.0 Å². The van der Waals surface area contributed by atoms with Gasteiger partial charge in [-0.1, -0.05) is 0 Å². The number of hydrogen-bond donors (Lipinski definition) is 2. The SMILES string of the molecule is CN(c1cnc(-c2cc(F)c(C#N)cc2O)cn1)[C@@H]1[C@H]2CN[C@H](C2)[C@H]1F. The third kappa shape index (κ3) is 2.56. The maximum absolute atomic E-state index is 14.5. The van der Waals surface area contributed by atoms with Gasteiger partial charge in [0.05, 0.1) is 29.7 Å². The van der Waals surface area contributed by atoms with Crippen LogP contribution in [0, 0.1) is 23.1 Å². The number of benzene rings is 1. The molecule has 1 aliphatic heterocycles. The van der Waals surface area contributed by atoms with Crippen LogP contribution in [0.25, 0.3) is 11.3 Å². The molecule has 4 atom stereocenters.